The van der Waals surface area contributed by atoms with E-state index in [1.807, 2.05) is 0 Å². The lowest BCUT2D eigenvalue weighted by Crippen LogP contribution is -2.37. The lowest BCUT2D eigenvalue weighted by atomic mass is 9.88. The SMILES string of the molecule is CC1CCC(NS(=O)(=O)c2ccc(Sc3nc4ncccn4n3)c([N+](=O)[O-])c2)CC1. The molecule has 0 unspecified atom stereocenters. The maximum atomic E-state index is 12.8. The van der Waals surface area contributed by atoms with Crippen LogP contribution in [0.4, 0.5) is 5.69 Å². The minimum absolute atomic E-state index is 0.123. The number of sulfonamides is 1. The Kier molecular flexibility index (Phi) is 5.71. The zero-order chi connectivity index (χ0) is 21.3. The van der Waals surface area contributed by atoms with Crippen LogP contribution in [0.25, 0.3) is 5.78 Å². The monoisotopic (exact) mass is 448 g/mol. The first kappa shape index (κ1) is 20.7. The Labute approximate surface area is 177 Å². The number of nitro groups is 1. The second kappa shape index (κ2) is 8.28. The minimum atomic E-state index is -3.85. The number of fused-ring (bicyclic) bond motifs is 1. The number of rotatable bonds is 6. The average molecular weight is 449 g/mol. The molecule has 4 rings (SSSR count). The van der Waals surface area contributed by atoms with Gasteiger partial charge in [-0.3, -0.25) is 10.1 Å². The lowest BCUT2D eigenvalue weighted by Gasteiger charge is -2.26. The van der Waals surface area contributed by atoms with Crippen molar-refractivity contribution in [3.8, 4) is 0 Å². The van der Waals surface area contributed by atoms with Crippen molar-refractivity contribution in [1.29, 1.82) is 0 Å². The fourth-order valence-electron chi connectivity index (χ4n) is 3.41. The number of nitrogens with zero attached hydrogens (tertiary/aromatic N) is 5. The number of hydrogen-bond donors (Lipinski definition) is 1. The zero-order valence-electron chi connectivity index (χ0n) is 16.1. The van der Waals surface area contributed by atoms with E-state index >= 15 is 0 Å². The fraction of sp³-hybridized carbons (Fsp3) is 0.389. The van der Waals surface area contributed by atoms with Gasteiger partial charge in [0.1, 0.15) is 0 Å². The molecule has 1 aromatic carbocycles. The first-order valence-electron chi connectivity index (χ1n) is 9.48. The summed E-state index contributed by atoms with van der Waals surface area (Å²) in [6.07, 6.45) is 6.70. The Balaban J connectivity index is 1.59. The molecule has 1 aliphatic rings. The highest BCUT2D eigenvalue weighted by molar-refractivity contribution is 7.99. The average Bonchev–Trinajstić information content (AvgIpc) is 3.12. The lowest BCUT2D eigenvalue weighted by molar-refractivity contribution is -0.388. The van der Waals surface area contributed by atoms with Crippen LogP contribution in [-0.4, -0.2) is 39.0 Å². The Hall–Kier alpha value is -2.57. The molecule has 1 fully saturated rings. The molecule has 0 amide bonds. The third-order valence-corrected chi connectivity index (χ3v) is 7.51. The molecular formula is C18H20N6O4S2. The van der Waals surface area contributed by atoms with Crippen LogP contribution in [0.3, 0.4) is 0 Å². The van der Waals surface area contributed by atoms with Crippen molar-refractivity contribution in [3.63, 3.8) is 0 Å². The molecule has 0 radical (unpaired) electrons. The van der Waals surface area contributed by atoms with Crippen molar-refractivity contribution in [3.05, 3.63) is 46.8 Å². The summed E-state index contributed by atoms with van der Waals surface area (Å²) in [6, 6.07) is 5.42. The molecule has 3 aromatic rings. The summed E-state index contributed by atoms with van der Waals surface area (Å²) in [5.74, 6) is 0.958. The van der Waals surface area contributed by atoms with Crippen LogP contribution in [0.15, 0.2) is 51.6 Å². The van der Waals surface area contributed by atoms with Crippen molar-refractivity contribution >= 4 is 33.3 Å². The molecule has 0 saturated heterocycles. The molecule has 1 N–H and O–H groups in total. The number of nitrogens with one attached hydrogen (secondary N) is 1. The first-order valence-corrected chi connectivity index (χ1v) is 11.8. The Morgan fingerprint density at radius 2 is 2.03 bits per heavy atom. The standard InChI is InChI=1S/C18H20N6O4S2/c1-12-3-5-13(6-4-12)22-30(27,28)14-7-8-16(15(11-14)24(25)26)29-18-20-17-19-9-2-10-23(17)21-18/h2,7-13,22H,3-6H2,1H3. The molecule has 10 nitrogen and oxygen atoms in total. The molecule has 2 heterocycles. The van der Waals surface area contributed by atoms with Crippen LogP contribution < -0.4 is 4.72 Å². The van der Waals surface area contributed by atoms with Gasteiger partial charge in [0.25, 0.3) is 11.5 Å². The second-order valence-electron chi connectivity index (χ2n) is 7.33. The van der Waals surface area contributed by atoms with Gasteiger partial charge in [0.05, 0.1) is 14.7 Å². The normalized spacial score (nSPS) is 19.8. The van der Waals surface area contributed by atoms with Crippen LogP contribution in [0.1, 0.15) is 32.6 Å². The minimum Gasteiger partial charge on any atom is -0.258 e. The first-order chi connectivity index (χ1) is 14.3. The number of nitro benzene ring substituents is 1. The summed E-state index contributed by atoms with van der Waals surface area (Å²) >= 11 is 0.984. The summed E-state index contributed by atoms with van der Waals surface area (Å²) in [5, 5.41) is 16.1. The summed E-state index contributed by atoms with van der Waals surface area (Å²) in [5.41, 5.74) is -0.313. The van der Waals surface area contributed by atoms with Crippen LogP contribution in [0, 0.1) is 16.0 Å². The fourth-order valence-corrected chi connectivity index (χ4v) is 5.57. The second-order valence-corrected chi connectivity index (χ2v) is 10.0. The Bertz CT molecular complexity index is 1160. The third-order valence-electron chi connectivity index (χ3n) is 5.07. The predicted molar refractivity (Wildman–Crippen MR) is 110 cm³/mol. The van der Waals surface area contributed by atoms with Gasteiger partial charge in [-0.05, 0) is 61.6 Å². The quantitative estimate of drug-likeness (QED) is 0.449. The molecule has 30 heavy (non-hydrogen) atoms. The smallest absolute Gasteiger partial charge is 0.258 e. The summed E-state index contributed by atoms with van der Waals surface area (Å²) in [7, 11) is -3.85. The van der Waals surface area contributed by atoms with E-state index in [0.29, 0.717) is 11.7 Å². The molecular weight excluding hydrogens is 428 g/mol. The van der Waals surface area contributed by atoms with E-state index in [0.717, 1.165) is 43.5 Å². The highest BCUT2D eigenvalue weighted by Crippen LogP contribution is 2.35. The predicted octanol–water partition coefficient (Wildman–Crippen LogP) is 3.04. The summed E-state index contributed by atoms with van der Waals surface area (Å²) in [4.78, 5) is 19.4. The van der Waals surface area contributed by atoms with E-state index in [1.165, 1.54) is 16.6 Å². The highest BCUT2D eigenvalue weighted by atomic mass is 32.2. The van der Waals surface area contributed by atoms with Gasteiger partial charge in [0, 0.05) is 24.5 Å². The molecule has 12 heteroatoms. The molecule has 0 bridgehead atoms. The van der Waals surface area contributed by atoms with Crippen molar-refractivity contribution < 1.29 is 13.3 Å². The van der Waals surface area contributed by atoms with Crippen LogP contribution in [0.5, 0.6) is 0 Å². The van der Waals surface area contributed by atoms with Crippen molar-refractivity contribution in [2.75, 3.05) is 0 Å². The van der Waals surface area contributed by atoms with Crippen LogP contribution in [0.2, 0.25) is 0 Å². The van der Waals surface area contributed by atoms with Crippen molar-refractivity contribution in [2.45, 2.75) is 53.6 Å². The third kappa shape index (κ3) is 4.45. The van der Waals surface area contributed by atoms with E-state index < -0.39 is 14.9 Å². The summed E-state index contributed by atoms with van der Waals surface area (Å²) < 4.78 is 29.7. The van der Waals surface area contributed by atoms with Crippen molar-refractivity contribution in [2.24, 2.45) is 5.92 Å². The van der Waals surface area contributed by atoms with E-state index in [1.54, 1.807) is 18.5 Å². The maximum Gasteiger partial charge on any atom is 0.284 e. The number of hydrogen-bond acceptors (Lipinski definition) is 8. The molecule has 1 aliphatic carbocycles. The van der Waals surface area contributed by atoms with Crippen LogP contribution in [-0.2, 0) is 10.0 Å². The van der Waals surface area contributed by atoms with Gasteiger partial charge < -0.3 is 0 Å². The number of benzene rings is 1. The maximum absolute atomic E-state index is 12.8. The molecule has 158 valence electrons. The Morgan fingerprint density at radius 3 is 2.73 bits per heavy atom. The van der Waals surface area contributed by atoms with E-state index in [2.05, 4.69) is 26.7 Å². The number of aromatic nitrogens is 4. The van der Waals surface area contributed by atoms with Gasteiger partial charge in [0.15, 0.2) is 0 Å². The molecule has 0 spiro atoms. The van der Waals surface area contributed by atoms with Gasteiger partial charge in [-0.25, -0.2) is 22.6 Å². The largest absolute Gasteiger partial charge is 0.284 e. The Morgan fingerprint density at radius 1 is 1.27 bits per heavy atom. The van der Waals surface area contributed by atoms with Gasteiger partial charge in [-0.2, -0.15) is 4.98 Å². The van der Waals surface area contributed by atoms with E-state index in [4.69, 9.17) is 0 Å². The summed E-state index contributed by atoms with van der Waals surface area (Å²) in [6.45, 7) is 2.15. The van der Waals surface area contributed by atoms with E-state index in [9.17, 15) is 18.5 Å². The van der Waals surface area contributed by atoms with Gasteiger partial charge in [0.2, 0.25) is 15.2 Å². The highest BCUT2D eigenvalue weighted by Gasteiger charge is 2.27. The van der Waals surface area contributed by atoms with Gasteiger partial charge in [-0.1, -0.05) is 6.92 Å². The van der Waals surface area contributed by atoms with Gasteiger partial charge in [-0.15, -0.1) is 5.10 Å². The molecule has 0 atom stereocenters. The molecule has 1 saturated carbocycles. The van der Waals surface area contributed by atoms with Crippen molar-refractivity contribution in [1.82, 2.24) is 24.3 Å². The van der Waals surface area contributed by atoms with E-state index in [-0.39, 0.29) is 26.7 Å². The molecule has 0 aliphatic heterocycles. The topological polar surface area (TPSA) is 132 Å². The van der Waals surface area contributed by atoms with Gasteiger partial charge >= 0.3 is 0 Å². The molecule has 2 aromatic heterocycles. The van der Waals surface area contributed by atoms with Crippen LogP contribution >= 0.6 is 11.8 Å². The zero-order valence-corrected chi connectivity index (χ0v) is 17.8.